The topological polar surface area (TPSA) is 112 Å². The van der Waals surface area contributed by atoms with Gasteiger partial charge < -0.3 is 24.8 Å². The van der Waals surface area contributed by atoms with Gasteiger partial charge in [-0.3, -0.25) is 0 Å². The van der Waals surface area contributed by atoms with Crippen LogP contribution < -0.4 is 20.1 Å². The van der Waals surface area contributed by atoms with Crippen molar-refractivity contribution in [2.75, 3.05) is 17.7 Å². The van der Waals surface area contributed by atoms with Crippen LogP contribution in [0.3, 0.4) is 0 Å². The molecule has 0 aliphatic rings. The fraction of sp³-hybridized carbons (Fsp3) is 0.0526. The number of nitrogens with zero attached hydrogens (tertiary/aromatic N) is 2. The Morgan fingerprint density at radius 3 is 1.76 bits per heavy atom. The van der Waals surface area contributed by atoms with Crippen molar-refractivity contribution in [1.82, 2.24) is 9.97 Å². The molecule has 4 aromatic carbocycles. The lowest BCUT2D eigenvalue weighted by atomic mass is 10.0. The maximum Gasteiger partial charge on any atom is 0.387 e. The Morgan fingerprint density at radius 2 is 1.20 bits per heavy atom. The summed E-state index contributed by atoms with van der Waals surface area (Å²) >= 11 is 6.59. The standard InChI is InChI=1S/C38H26ClF3N4O5/c1-49-26-8-2-6-22(18-26)24-12-14-32(30(39)20-24)45-34-28(10-4-16-43-34)36(47)51-37(48)29-11-5-17-44-35(29)46-33-15-13-25(21-31(33)40)23-7-3-9-27(19-23)50-38(41)42/h2-21,38H,1H3,(H,43,45)(H,44,46). The van der Waals surface area contributed by atoms with Gasteiger partial charge in [0.1, 0.15) is 40.1 Å². The number of benzene rings is 4. The molecular formula is C38H26ClF3N4O5. The molecule has 6 aromatic rings. The van der Waals surface area contributed by atoms with Gasteiger partial charge in [-0.15, -0.1) is 0 Å². The second-order valence-electron chi connectivity index (χ2n) is 10.8. The van der Waals surface area contributed by atoms with Crippen LogP contribution in [-0.2, 0) is 4.74 Å². The smallest absolute Gasteiger partial charge is 0.387 e. The van der Waals surface area contributed by atoms with Crippen molar-refractivity contribution in [2.45, 2.75) is 6.61 Å². The van der Waals surface area contributed by atoms with Crippen LogP contribution in [0.15, 0.2) is 122 Å². The number of methoxy groups -OCH3 is 1. The fourth-order valence-corrected chi connectivity index (χ4v) is 5.26. The third-order valence-corrected chi connectivity index (χ3v) is 7.79. The molecule has 0 spiro atoms. The van der Waals surface area contributed by atoms with Gasteiger partial charge in [-0.1, -0.05) is 48.0 Å². The van der Waals surface area contributed by atoms with E-state index >= 15 is 4.39 Å². The number of anilines is 4. The molecule has 2 N–H and O–H groups in total. The molecule has 13 heteroatoms. The van der Waals surface area contributed by atoms with Crippen molar-refractivity contribution in [3.05, 3.63) is 144 Å². The first kappa shape index (κ1) is 34.5. The van der Waals surface area contributed by atoms with Crippen LogP contribution in [0.1, 0.15) is 20.7 Å². The maximum absolute atomic E-state index is 15.2. The largest absolute Gasteiger partial charge is 0.497 e. The van der Waals surface area contributed by atoms with Gasteiger partial charge >= 0.3 is 18.6 Å². The van der Waals surface area contributed by atoms with Crippen molar-refractivity contribution < 1.29 is 37.0 Å². The van der Waals surface area contributed by atoms with Gasteiger partial charge in [0, 0.05) is 12.4 Å². The monoisotopic (exact) mass is 710 g/mol. The summed E-state index contributed by atoms with van der Waals surface area (Å²) < 4.78 is 55.5. The Bertz CT molecular complexity index is 2240. The molecule has 0 fully saturated rings. The number of alkyl halides is 2. The van der Waals surface area contributed by atoms with Crippen LogP contribution in [0.5, 0.6) is 11.5 Å². The molecule has 0 radical (unpaired) electrons. The molecule has 0 atom stereocenters. The van der Waals surface area contributed by atoms with E-state index in [1.807, 2.05) is 30.3 Å². The zero-order valence-electron chi connectivity index (χ0n) is 26.6. The Kier molecular flexibility index (Phi) is 10.4. The molecule has 0 aliphatic carbocycles. The Morgan fingerprint density at radius 1 is 0.667 bits per heavy atom. The summed E-state index contributed by atoms with van der Waals surface area (Å²) in [5, 5.41) is 6.13. The summed E-state index contributed by atoms with van der Waals surface area (Å²) in [6.07, 6.45) is 2.82. The minimum Gasteiger partial charge on any atom is -0.497 e. The van der Waals surface area contributed by atoms with Crippen LogP contribution in [-0.4, -0.2) is 35.6 Å². The van der Waals surface area contributed by atoms with Crippen LogP contribution >= 0.6 is 11.6 Å². The third kappa shape index (κ3) is 8.26. The van der Waals surface area contributed by atoms with Gasteiger partial charge in [-0.2, -0.15) is 8.78 Å². The lowest BCUT2D eigenvalue weighted by Crippen LogP contribution is -2.16. The van der Waals surface area contributed by atoms with Crippen molar-refractivity contribution >= 4 is 46.6 Å². The number of pyridine rings is 2. The third-order valence-electron chi connectivity index (χ3n) is 7.48. The first-order chi connectivity index (χ1) is 24.7. The minimum atomic E-state index is -3.00. The molecule has 0 aliphatic heterocycles. The molecular weight excluding hydrogens is 685 g/mol. The number of carbonyl (C=O) groups excluding carboxylic acids is 2. The van der Waals surface area contributed by atoms with E-state index in [2.05, 4.69) is 25.3 Å². The summed E-state index contributed by atoms with van der Waals surface area (Å²) in [4.78, 5) is 34.9. The molecule has 0 saturated carbocycles. The van der Waals surface area contributed by atoms with E-state index in [4.69, 9.17) is 21.1 Å². The molecule has 2 aromatic heterocycles. The average Bonchev–Trinajstić information content (AvgIpc) is 3.13. The molecule has 9 nitrogen and oxygen atoms in total. The number of hydrogen-bond donors (Lipinski definition) is 2. The minimum absolute atomic E-state index is 0.0501. The number of halogens is 4. The summed E-state index contributed by atoms with van der Waals surface area (Å²) in [6, 6.07) is 28.5. The normalized spacial score (nSPS) is 10.8. The van der Waals surface area contributed by atoms with Gasteiger partial charge in [0.15, 0.2) is 0 Å². The summed E-state index contributed by atoms with van der Waals surface area (Å²) in [6.45, 7) is -3.00. The lowest BCUT2D eigenvalue weighted by Gasteiger charge is -2.14. The number of rotatable bonds is 11. The van der Waals surface area contributed by atoms with Gasteiger partial charge in [-0.05, 0) is 95.1 Å². The molecule has 0 bridgehead atoms. The van der Waals surface area contributed by atoms with E-state index in [1.54, 1.807) is 31.4 Å². The van der Waals surface area contributed by atoms with E-state index in [-0.39, 0.29) is 34.2 Å². The molecule has 6 rings (SSSR count). The second kappa shape index (κ2) is 15.4. The van der Waals surface area contributed by atoms with E-state index in [0.717, 1.165) is 11.1 Å². The quantitative estimate of drug-likeness (QED) is 0.100. The Hall–Kier alpha value is -6.40. The van der Waals surface area contributed by atoms with Crippen molar-refractivity contribution in [1.29, 1.82) is 0 Å². The fourth-order valence-electron chi connectivity index (χ4n) is 5.04. The number of ether oxygens (including phenoxy) is 3. The first-order valence-corrected chi connectivity index (χ1v) is 15.6. The van der Waals surface area contributed by atoms with Crippen LogP contribution in [0.4, 0.5) is 36.2 Å². The molecule has 0 unspecified atom stereocenters. The Balaban J connectivity index is 1.17. The van der Waals surface area contributed by atoms with E-state index in [0.29, 0.717) is 27.6 Å². The highest BCUT2D eigenvalue weighted by atomic mass is 35.5. The number of hydrogen-bond acceptors (Lipinski definition) is 9. The summed E-state index contributed by atoms with van der Waals surface area (Å²) in [5.74, 6) is -2.17. The van der Waals surface area contributed by atoms with Crippen molar-refractivity contribution in [3.8, 4) is 33.8 Å². The van der Waals surface area contributed by atoms with Gasteiger partial charge in [0.2, 0.25) is 0 Å². The predicted molar refractivity (Wildman–Crippen MR) is 187 cm³/mol. The van der Waals surface area contributed by atoms with E-state index in [1.165, 1.54) is 67.0 Å². The molecule has 0 saturated heterocycles. The maximum atomic E-state index is 15.2. The summed E-state index contributed by atoms with van der Waals surface area (Å²) in [7, 11) is 1.58. The van der Waals surface area contributed by atoms with Crippen LogP contribution in [0, 0.1) is 5.82 Å². The van der Waals surface area contributed by atoms with Crippen LogP contribution in [0.25, 0.3) is 22.3 Å². The molecule has 256 valence electrons. The van der Waals surface area contributed by atoms with Gasteiger partial charge in [-0.25, -0.2) is 23.9 Å². The molecule has 2 heterocycles. The highest BCUT2D eigenvalue weighted by Crippen LogP contribution is 2.33. The van der Waals surface area contributed by atoms with Gasteiger partial charge in [0.05, 0.1) is 23.5 Å². The first-order valence-electron chi connectivity index (χ1n) is 15.2. The highest BCUT2D eigenvalue weighted by Gasteiger charge is 2.23. The van der Waals surface area contributed by atoms with Crippen molar-refractivity contribution in [2.24, 2.45) is 0 Å². The van der Waals surface area contributed by atoms with Crippen LogP contribution in [0.2, 0.25) is 5.02 Å². The second-order valence-corrected chi connectivity index (χ2v) is 11.2. The highest BCUT2D eigenvalue weighted by molar-refractivity contribution is 6.33. The average molecular weight is 711 g/mol. The predicted octanol–water partition coefficient (Wildman–Crippen LogP) is 9.70. The number of nitrogens with one attached hydrogen (secondary N) is 2. The zero-order chi connectivity index (χ0) is 35.9. The molecule has 51 heavy (non-hydrogen) atoms. The molecule has 0 amide bonds. The zero-order valence-corrected chi connectivity index (χ0v) is 27.3. The number of carbonyl (C=O) groups is 2. The Labute approximate surface area is 294 Å². The van der Waals surface area contributed by atoms with Crippen molar-refractivity contribution in [3.63, 3.8) is 0 Å². The van der Waals surface area contributed by atoms with Gasteiger partial charge in [0.25, 0.3) is 0 Å². The lowest BCUT2D eigenvalue weighted by molar-refractivity contribution is -0.0498. The SMILES string of the molecule is COc1cccc(-c2ccc(Nc3ncccc3C(=O)OC(=O)c3cccnc3Nc3ccc(-c4cccc(OC(F)F)c4)cc3F)c(Cl)c2)c1. The van der Waals surface area contributed by atoms with E-state index < -0.39 is 24.4 Å². The van der Waals surface area contributed by atoms with E-state index in [9.17, 15) is 18.4 Å². The number of aromatic nitrogens is 2. The number of esters is 2. The summed E-state index contributed by atoms with van der Waals surface area (Å²) in [5.41, 5.74) is 2.74.